The maximum absolute atomic E-state index is 5.48. The van der Waals surface area contributed by atoms with Crippen LogP contribution in [0.15, 0.2) is 0 Å². The van der Waals surface area contributed by atoms with Gasteiger partial charge in [-0.25, -0.2) is 0 Å². The van der Waals surface area contributed by atoms with Gasteiger partial charge >= 0.3 is 0 Å². The Morgan fingerprint density at radius 1 is 0.700 bits per heavy atom. The normalized spacial score (nSPS) is 35.1. The largest absolute Gasteiger partial charge is 0.381 e. The van der Waals surface area contributed by atoms with Gasteiger partial charge in [-0.15, -0.1) is 0 Å². The molecule has 0 aromatic carbocycles. The van der Waals surface area contributed by atoms with Crippen LogP contribution < -0.4 is 0 Å². The molecule has 20 heavy (non-hydrogen) atoms. The Hall–Kier alpha value is -0.0400. The van der Waals surface area contributed by atoms with Crippen LogP contribution in [0.5, 0.6) is 0 Å². The molecular formula is C19H36O. The summed E-state index contributed by atoms with van der Waals surface area (Å²) in [6.45, 7) is 2.32. The van der Waals surface area contributed by atoms with Crippen molar-refractivity contribution in [2.24, 2.45) is 17.8 Å². The number of unbranched alkanes of at least 4 members (excludes halogenated alkanes) is 1. The lowest BCUT2D eigenvalue weighted by atomic mass is 9.76. The van der Waals surface area contributed by atoms with E-state index in [0.29, 0.717) is 6.10 Å². The van der Waals surface area contributed by atoms with E-state index in [2.05, 4.69) is 6.92 Å². The predicted octanol–water partition coefficient (Wildman–Crippen LogP) is 5.97. The average Bonchev–Trinajstić information content (AvgIpc) is 2.52. The molecule has 0 bridgehead atoms. The Balaban J connectivity index is 1.55. The number of hydrogen-bond acceptors (Lipinski definition) is 1. The van der Waals surface area contributed by atoms with E-state index in [4.69, 9.17) is 4.74 Å². The fourth-order valence-electron chi connectivity index (χ4n) is 4.43. The second kappa shape index (κ2) is 9.07. The van der Waals surface area contributed by atoms with Crippen LogP contribution in [0.2, 0.25) is 0 Å². The molecule has 0 spiro atoms. The van der Waals surface area contributed by atoms with Crippen LogP contribution in [0.1, 0.15) is 90.4 Å². The standard InChI is InChI=1S/C19H36O/c1-3-4-5-16-6-8-17(9-7-16)10-11-18-12-14-19(20-2)15-13-18/h16-19H,3-15H2,1-2H3. The fraction of sp³-hybridized carbons (Fsp3) is 1.00. The lowest BCUT2D eigenvalue weighted by Crippen LogP contribution is -2.21. The first-order chi connectivity index (χ1) is 9.81. The van der Waals surface area contributed by atoms with Crippen molar-refractivity contribution in [3.05, 3.63) is 0 Å². The zero-order chi connectivity index (χ0) is 14.2. The van der Waals surface area contributed by atoms with E-state index in [-0.39, 0.29) is 0 Å². The van der Waals surface area contributed by atoms with E-state index < -0.39 is 0 Å². The van der Waals surface area contributed by atoms with Crippen molar-refractivity contribution in [1.29, 1.82) is 0 Å². The van der Waals surface area contributed by atoms with Gasteiger partial charge in [0.2, 0.25) is 0 Å². The van der Waals surface area contributed by atoms with Crippen molar-refractivity contribution in [3.63, 3.8) is 0 Å². The lowest BCUT2D eigenvalue weighted by molar-refractivity contribution is 0.0540. The number of methoxy groups -OCH3 is 1. The molecule has 2 aliphatic carbocycles. The molecule has 0 aromatic rings. The van der Waals surface area contributed by atoms with Crippen molar-refractivity contribution in [2.75, 3.05) is 7.11 Å². The lowest BCUT2D eigenvalue weighted by Gasteiger charge is -2.31. The van der Waals surface area contributed by atoms with Gasteiger partial charge in [-0.3, -0.25) is 0 Å². The Morgan fingerprint density at radius 2 is 1.15 bits per heavy atom. The third-order valence-corrected chi connectivity index (χ3v) is 6.04. The minimum Gasteiger partial charge on any atom is -0.381 e. The topological polar surface area (TPSA) is 9.23 Å². The summed E-state index contributed by atoms with van der Waals surface area (Å²) >= 11 is 0. The summed E-state index contributed by atoms with van der Waals surface area (Å²) in [4.78, 5) is 0. The molecule has 2 rings (SSSR count). The summed E-state index contributed by atoms with van der Waals surface area (Å²) in [5, 5.41) is 0. The summed E-state index contributed by atoms with van der Waals surface area (Å²) in [5.74, 6) is 3.15. The molecule has 0 unspecified atom stereocenters. The second-order valence-corrected chi connectivity index (χ2v) is 7.48. The highest BCUT2D eigenvalue weighted by molar-refractivity contribution is 4.76. The molecule has 118 valence electrons. The van der Waals surface area contributed by atoms with Crippen LogP contribution in [-0.4, -0.2) is 13.2 Å². The van der Waals surface area contributed by atoms with E-state index in [1.807, 2.05) is 7.11 Å². The smallest absolute Gasteiger partial charge is 0.0571 e. The first kappa shape index (κ1) is 16.3. The molecule has 0 amide bonds. The number of ether oxygens (including phenoxy) is 1. The van der Waals surface area contributed by atoms with Crippen molar-refractivity contribution < 1.29 is 4.74 Å². The van der Waals surface area contributed by atoms with E-state index in [0.717, 1.165) is 17.8 Å². The highest BCUT2D eigenvalue weighted by Crippen LogP contribution is 2.37. The summed E-state index contributed by atoms with van der Waals surface area (Å²) < 4.78 is 5.48. The maximum atomic E-state index is 5.48. The molecule has 1 heteroatoms. The zero-order valence-corrected chi connectivity index (χ0v) is 13.9. The van der Waals surface area contributed by atoms with Crippen LogP contribution in [-0.2, 0) is 4.74 Å². The van der Waals surface area contributed by atoms with Gasteiger partial charge in [0, 0.05) is 7.11 Å². The van der Waals surface area contributed by atoms with Gasteiger partial charge in [-0.2, -0.15) is 0 Å². The Labute approximate surface area is 126 Å². The first-order valence-electron chi connectivity index (χ1n) is 9.34. The molecule has 1 nitrogen and oxygen atoms in total. The van der Waals surface area contributed by atoms with Crippen LogP contribution in [0, 0.1) is 17.8 Å². The highest BCUT2D eigenvalue weighted by atomic mass is 16.5. The predicted molar refractivity (Wildman–Crippen MR) is 87.0 cm³/mol. The van der Waals surface area contributed by atoms with Crippen molar-refractivity contribution in [1.82, 2.24) is 0 Å². The van der Waals surface area contributed by atoms with Crippen molar-refractivity contribution >= 4 is 0 Å². The molecule has 0 atom stereocenters. The second-order valence-electron chi connectivity index (χ2n) is 7.48. The third-order valence-electron chi connectivity index (χ3n) is 6.04. The molecule has 2 aliphatic rings. The summed E-state index contributed by atoms with van der Waals surface area (Å²) in [6.07, 6.45) is 19.5. The SMILES string of the molecule is CCCCC1CCC(CCC2CCC(OC)CC2)CC1. The van der Waals surface area contributed by atoms with E-state index in [1.54, 1.807) is 0 Å². The van der Waals surface area contributed by atoms with E-state index >= 15 is 0 Å². The van der Waals surface area contributed by atoms with Gasteiger partial charge in [0.1, 0.15) is 0 Å². The van der Waals surface area contributed by atoms with E-state index in [9.17, 15) is 0 Å². The van der Waals surface area contributed by atoms with Gasteiger partial charge < -0.3 is 4.74 Å². The van der Waals surface area contributed by atoms with E-state index in [1.165, 1.54) is 83.5 Å². The summed E-state index contributed by atoms with van der Waals surface area (Å²) in [5.41, 5.74) is 0. The van der Waals surface area contributed by atoms with Gasteiger partial charge in [-0.1, -0.05) is 64.7 Å². The first-order valence-corrected chi connectivity index (χ1v) is 9.34. The van der Waals surface area contributed by atoms with Gasteiger partial charge in [-0.05, 0) is 43.4 Å². The molecular weight excluding hydrogens is 244 g/mol. The van der Waals surface area contributed by atoms with Crippen molar-refractivity contribution in [3.8, 4) is 0 Å². The van der Waals surface area contributed by atoms with Crippen molar-refractivity contribution in [2.45, 2.75) is 96.5 Å². The molecule has 2 saturated carbocycles. The van der Waals surface area contributed by atoms with Crippen LogP contribution in [0.25, 0.3) is 0 Å². The molecule has 0 N–H and O–H groups in total. The molecule has 0 radical (unpaired) electrons. The zero-order valence-electron chi connectivity index (χ0n) is 13.9. The number of rotatable bonds is 7. The Kier molecular flexibility index (Phi) is 7.41. The number of hydrogen-bond donors (Lipinski definition) is 0. The molecule has 2 fully saturated rings. The molecule has 0 heterocycles. The van der Waals surface area contributed by atoms with Gasteiger partial charge in [0.05, 0.1) is 6.10 Å². The average molecular weight is 280 g/mol. The monoisotopic (exact) mass is 280 g/mol. The fourth-order valence-corrected chi connectivity index (χ4v) is 4.43. The third kappa shape index (κ3) is 5.39. The summed E-state index contributed by atoms with van der Waals surface area (Å²) in [7, 11) is 1.88. The quantitative estimate of drug-likeness (QED) is 0.558. The van der Waals surface area contributed by atoms with Crippen LogP contribution in [0.4, 0.5) is 0 Å². The minimum atomic E-state index is 0.570. The Morgan fingerprint density at radius 3 is 1.60 bits per heavy atom. The maximum Gasteiger partial charge on any atom is 0.0571 e. The van der Waals surface area contributed by atoms with Gasteiger partial charge in [0.15, 0.2) is 0 Å². The molecule has 0 saturated heterocycles. The molecule has 0 aromatic heterocycles. The highest BCUT2D eigenvalue weighted by Gasteiger charge is 2.24. The molecule has 0 aliphatic heterocycles. The minimum absolute atomic E-state index is 0.570. The summed E-state index contributed by atoms with van der Waals surface area (Å²) in [6, 6.07) is 0. The van der Waals surface area contributed by atoms with Gasteiger partial charge in [0.25, 0.3) is 0 Å². The van der Waals surface area contributed by atoms with Crippen LogP contribution >= 0.6 is 0 Å². The van der Waals surface area contributed by atoms with Crippen LogP contribution in [0.3, 0.4) is 0 Å². The Bertz CT molecular complexity index is 234.